The SMILES string of the molecule is Cc1cc(NC(=O)NC(=O)CCC(=O)O)n(C)n1. The normalized spacial score (nSPS) is 9.89. The van der Waals surface area contributed by atoms with Crippen LogP contribution in [-0.4, -0.2) is 32.8 Å². The van der Waals surface area contributed by atoms with Gasteiger partial charge in [-0.05, 0) is 6.92 Å². The number of nitrogens with one attached hydrogen (secondary N) is 2. The highest BCUT2D eigenvalue weighted by Gasteiger charge is 2.11. The fourth-order valence-electron chi connectivity index (χ4n) is 1.28. The summed E-state index contributed by atoms with van der Waals surface area (Å²) in [6.07, 6.45) is -0.558. The van der Waals surface area contributed by atoms with E-state index in [1.165, 1.54) is 4.68 Å². The predicted molar refractivity (Wildman–Crippen MR) is 62.0 cm³/mol. The lowest BCUT2D eigenvalue weighted by Crippen LogP contribution is -2.35. The minimum absolute atomic E-state index is 0.243. The lowest BCUT2D eigenvalue weighted by atomic mass is 10.3. The van der Waals surface area contributed by atoms with Gasteiger partial charge in [0.15, 0.2) is 0 Å². The zero-order chi connectivity index (χ0) is 13.7. The maximum Gasteiger partial charge on any atom is 0.327 e. The molecule has 3 amide bonds. The number of hydrogen-bond acceptors (Lipinski definition) is 4. The Balaban J connectivity index is 2.44. The molecular weight excluding hydrogens is 240 g/mol. The van der Waals surface area contributed by atoms with Gasteiger partial charge in [0.05, 0.1) is 12.1 Å². The van der Waals surface area contributed by atoms with Gasteiger partial charge in [-0.15, -0.1) is 0 Å². The van der Waals surface area contributed by atoms with E-state index in [0.717, 1.165) is 5.69 Å². The molecule has 0 aromatic carbocycles. The Morgan fingerprint density at radius 2 is 2.06 bits per heavy atom. The van der Waals surface area contributed by atoms with Gasteiger partial charge in [-0.3, -0.25) is 24.9 Å². The van der Waals surface area contributed by atoms with E-state index in [2.05, 4.69) is 10.4 Å². The van der Waals surface area contributed by atoms with Gasteiger partial charge in [-0.2, -0.15) is 5.10 Å². The maximum atomic E-state index is 11.4. The third-order valence-electron chi connectivity index (χ3n) is 2.06. The van der Waals surface area contributed by atoms with E-state index in [4.69, 9.17) is 5.11 Å². The third-order valence-corrected chi connectivity index (χ3v) is 2.06. The van der Waals surface area contributed by atoms with Crippen molar-refractivity contribution in [2.45, 2.75) is 19.8 Å². The zero-order valence-electron chi connectivity index (χ0n) is 10.1. The Bertz CT molecular complexity index is 480. The molecule has 0 radical (unpaired) electrons. The van der Waals surface area contributed by atoms with E-state index in [-0.39, 0.29) is 12.8 Å². The first kappa shape index (κ1) is 13.7. The highest BCUT2D eigenvalue weighted by Crippen LogP contribution is 2.07. The second-order valence-electron chi connectivity index (χ2n) is 3.69. The van der Waals surface area contributed by atoms with E-state index in [0.29, 0.717) is 5.82 Å². The summed E-state index contributed by atoms with van der Waals surface area (Å²) in [6.45, 7) is 1.76. The fraction of sp³-hybridized carbons (Fsp3) is 0.400. The van der Waals surface area contributed by atoms with Gasteiger partial charge in [-0.25, -0.2) is 4.79 Å². The molecule has 1 aromatic rings. The molecular formula is C10H14N4O4. The number of nitrogens with zero attached hydrogens (tertiary/aromatic N) is 2. The first-order valence-electron chi connectivity index (χ1n) is 5.21. The monoisotopic (exact) mass is 254 g/mol. The molecule has 1 heterocycles. The van der Waals surface area contributed by atoms with Gasteiger partial charge >= 0.3 is 12.0 Å². The fourth-order valence-corrected chi connectivity index (χ4v) is 1.28. The molecule has 0 unspecified atom stereocenters. The summed E-state index contributed by atoms with van der Waals surface area (Å²) in [4.78, 5) is 32.8. The molecule has 98 valence electrons. The zero-order valence-corrected chi connectivity index (χ0v) is 10.1. The molecule has 18 heavy (non-hydrogen) atoms. The molecule has 8 heteroatoms. The van der Waals surface area contributed by atoms with Crippen LogP contribution < -0.4 is 10.6 Å². The quantitative estimate of drug-likeness (QED) is 0.712. The van der Waals surface area contributed by atoms with Crippen LogP contribution in [-0.2, 0) is 16.6 Å². The van der Waals surface area contributed by atoms with Gasteiger partial charge < -0.3 is 5.11 Å². The van der Waals surface area contributed by atoms with Crippen LogP contribution in [0.2, 0.25) is 0 Å². The molecule has 0 saturated carbocycles. The first-order valence-corrected chi connectivity index (χ1v) is 5.21. The first-order chi connectivity index (χ1) is 8.38. The van der Waals surface area contributed by atoms with Crippen LogP contribution in [0.5, 0.6) is 0 Å². The molecule has 0 spiro atoms. The molecule has 0 aliphatic carbocycles. The number of carbonyl (C=O) groups is 3. The molecule has 0 saturated heterocycles. The number of imide groups is 1. The average Bonchev–Trinajstić information content (AvgIpc) is 2.54. The number of aromatic nitrogens is 2. The molecule has 1 rings (SSSR count). The van der Waals surface area contributed by atoms with Gasteiger partial charge in [0.25, 0.3) is 0 Å². The van der Waals surface area contributed by atoms with Gasteiger partial charge in [0.2, 0.25) is 5.91 Å². The number of rotatable bonds is 4. The summed E-state index contributed by atoms with van der Waals surface area (Å²) in [5.74, 6) is -1.29. The largest absolute Gasteiger partial charge is 0.481 e. The molecule has 8 nitrogen and oxygen atoms in total. The summed E-state index contributed by atoms with van der Waals surface area (Å²) < 4.78 is 1.45. The van der Waals surface area contributed by atoms with Crippen molar-refractivity contribution in [3.05, 3.63) is 11.8 Å². The molecule has 0 atom stereocenters. The van der Waals surface area contributed by atoms with Crippen molar-refractivity contribution in [2.24, 2.45) is 7.05 Å². The number of carbonyl (C=O) groups excluding carboxylic acids is 2. The van der Waals surface area contributed by atoms with Crippen molar-refractivity contribution in [3.8, 4) is 0 Å². The Kier molecular flexibility index (Phi) is 4.41. The van der Waals surface area contributed by atoms with Crippen molar-refractivity contribution in [2.75, 3.05) is 5.32 Å². The highest BCUT2D eigenvalue weighted by atomic mass is 16.4. The summed E-state index contributed by atoms with van der Waals surface area (Å²) in [5.41, 5.74) is 0.727. The Morgan fingerprint density at radius 1 is 1.39 bits per heavy atom. The molecule has 0 aliphatic rings. The van der Waals surface area contributed by atoms with Crippen LogP contribution in [0.1, 0.15) is 18.5 Å². The number of anilines is 1. The van der Waals surface area contributed by atoms with Gasteiger partial charge in [-0.1, -0.05) is 0 Å². The highest BCUT2D eigenvalue weighted by molar-refractivity contribution is 6.01. The van der Waals surface area contributed by atoms with Crippen LogP contribution in [0.15, 0.2) is 6.07 Å². The van der Waals surface area contributed by atoms with Crippen LogP contribution in [0.4, 0.5) is 10.6 Å². The lowest BCUT2D eigenvalue weighted by Gasteiger charge is -2.05. The molecule has 0 aliphatic heterocycles. The number of aliphatic carboxylic acids is 1. The Hall–Kier alpha value is -2.38. The van der Waals surface area contributed by atoms with E-state index in [1.54, 1.807) is 20.0 Å². The Morgan fingerprint density at radius 3 is 2.56 bits per heavy atom. The predicted octanol–water partition coefficient (Wildman–Crippen LogP) is 0.241. The van der Waals surface area contributed by atoms with Crippen molar-refractivity contribution < 1.29 is 19.5 Å². The minimum atomic E-state index is -1.09. The number of carboxylic acids is 1. The molecule has 1 aromatic heterocycles. The van der Waals surface area contributed by atoms with Crippen molar-refractivity contribution in [1.29, 1.82) is 0 Å². The number of carboxylic acid groups (broad SMARTS) is 1. The second-order valence-corrected chi connectivity index (χ2v) is 3.69. The number of urea groups is 1. The Labute approximate surface area is 103 Å². The average molecular weight is 254 g/mol. The van der Waals surface area contributed by atoms with Crippen LogP contribution in [0.25, 0.3) is 0 Å². The lowest BCUT2D eigenvalue weighted by molar-refractivity contribution is -0.138. The van der Waals surface area contributed by atoms with Crippen LogP contribution in [0.3, 0.4) is 0 Å². The van der Waals surface area contributed by atoms with E-state index in [9.17, 15) is 14.4 Å². The molecule has 0 fully saturated rings. The summed E-state index contributed by atoms with van der Waals surface area (Å²) in [5, 5.41) is 16.9. The maximum absolute atomic E-state index is 11.4. The third kappa shape index (κ3) is 4.24. The molecule has 0 bridgehead atoms. The number of hydrogen-bond donors (Lipinski definition) is 3. The van der Waals surface area contributed by atoms with Crippen LogP contribution >= 0.6 is 0 Å². The van der Waals surface area contributed by atoms with Gasteiger partial charge in [0.1, 0.15) is 5.82 Å². The standard InChI is InChI=1S/C10H14N4O4/c1-6-5-7(14(2)13-6)11-10(18)12-8(15)3-4-9(16)17/h5H,3-4H2,1-2H3,(H,16,17)(H2,11,12,15,18). The van der Waals surface area contributed by atoms with Crippen molar-refractivity contribution >= 4 is 23.7 Å². The van der Waals surface area contributed by atoms with Crippen molar-refractivity contribution in [3.63, 3.8) is 0 Å². The van der Waals surface area contributed by atoms with Crippen molar-refractivity contribution in [1.82, 2.24) is 15.1 Å². The van der Waals surface area contributed by atoms with E-state index < -0.39 is 17.9 Å². The number of aryl methyl sites for hydroxylation is 2. The van der Waals surface area contributed by atoms with E-state index >= 15 is 0 Å². The van der Waals surface area contributed by atoms with Crippen LogP contribution in [0, 0.1) is 6.92 Å². The summed E-state index contributed by atoms with van der Waals surface area (Å²) in [7, 11) is 1.65. The topological polar surface area (TPSA) is 113 Å². The summed E-state index contributed by atoms with van der Waals surface area (Å²) >= 11 is 0. The summed E-state index contributed by atoms with van der Waals surface area (Å²) in [6, 6.07) is 0.926. The van der Waals surface area contributed by atoms with E-state index in [1.807, 2.05) is 5.32 Å². The number of amides is 3. The molecule has 3 N–H and O–H groups in total. The van der Waals surface area contributed by atoms with Gasteiger partial charge in [0, 0.05) is 19.5 Å². The minimum Gasteiger partial charge on any atom is -0.481 e. The second kappa shape index (κ2) is 5.80. The smallest absolute Gasteiger partial charge is 0.327 e.